The summed E-state index contributed by atoms with van der Waals surface area (Å²) >= 11 is 8.13. The summed E-state index contributed by atoms with van der Waals surface area (Å²) in [5, 5.41) is 4.13. The van der Waals surface area contributed by atoms with Crippen molar-refractivity contribution in [3.8, 4) is 0 Å². The number of aryl methyl sites for hydroxylation is 1. The fraction of sp³-hybridized carbons (Fsp3) is 0.200. The molecule has 2 rings (SSSR count). The van der Waals surface area contributed by atoms with Crippen molar-refractivity contribution in [2.45, 2.75) is 13.5 Å². The van der Waals surface area contributed by atoms with Crippen LogP contribution >= 0.6 is 43.2 Å². The molecule has 0 bridgehead atoms. The maximum atomic E-state index is 12.2. The molecule has 2 aromatic heterocycles. The average Bonchev–Trinajstić information content (AvgIpc) is 2.83. The molecule has 0 aliphatic rings. The summed E-state index contributed by atoms with van der Waals surface area (Å²) in [6, 6.07) is 3.69. The number of hydrogen-bond donors (Lipinski definition) is 0. The highest BCUT2D eigenvalue weighted by Gasteiger charge is 2.19. The van der Waals surface area contributed by atoms with Gasteiger partial charge in [-0.25, -0.2) is 0 Å². The summed E-state index contributed by atoms with van der Waals surface area (Å²) in [6.07, 6.45) is 1.65. The summed E-state index contributed by atoms with van der Waals surface area (Å²) in [5.41, 5.74) is 0.608. The number of halogens is 2. The second-order valence-corrected chi connectivity index (χ2v) is 6.41. The second kappa shape index (κ2) is 4.81. The SMILES string of the molecule is CCn1ncc(Br)c1C(=O)c1ccc(Br)s1. The van der Waals surface area contributed by atoms with Crippen molar-refractivity contribution in [2.75, 3.05) is 0 Å². The predicted molar refractivity (Wildman–Crippen MR) is 71.1 cm³/mol. The molecule has 0 aliphatic carbocycles. The zero-order valence-corrected chi connectivity index (χ0v) is 12.4. The maximum absolute atomic E-state index is 12.2. The summed E-state index contributed by atoms with van der Waals surface area (Å²) < 4.78 is 3.39. The summed E-state index contributed by atoms with van der Waals surface area (Å²) in [7, 11) is 0. The van der Waals surface area contributed by atoms with Crippen LogP contribution in [0.25, 0.3) is 0 Å². The number of aromatic nitrogens is 2. The lowest BCUT2D eigenvalue weighted by Crippen LogP contribution is -2.09. The number of thiophene rings is 1. The van der Waals surface area contributed by atoms with Gasteiger partial charge in [-0.3, -0.25) is 9.48 Å². The molecule has 0 N–H and O–H groups in total. The van der Waals surface area contributed by atoms with Crippen LogP contribution in [0.2, 0.25) is 0 Å². The van der Waals surface area contributed by atoms with E-state index in [0.717, 1.165) is 8.26 Å². The van der Waals surface area contributed by atoms with Crippen molar-refractivity contribution < 1.29 is 4.79 Å². The first kappa shape index (κ1) is 12.0. The van der Waals surface area contributed by atoms with E-state index >= 15 is 0 Å². The maximum Gasteiger partial charge on any atom is 0.222 e. The average molecular weight is 364 g/mol. The highest BCUT2D eigenvalue weighted by molar-refractivity contribution is 9.11. The Morgan fingerprint density at radius 3 is 2.81 bits per heavy atom. The van der Waals surface area contributed by atoms with Gasteiger partial charge in [0.15, 0.2) is 0 Å². The van der Waals surface area contributed by atoms with Gasteiger partial charge >= 0.3 is 0 Å². The van der Waals surface area contributed by atoms with Crippen LogP contribution in [0.4, 0.5) is 0 Å². The van der Waals surface area contributed by atoms with Crippen LogP contribution < -0.4 is 0 Å². The van der Waals surface area contributed by atoms with E-state index in [-0.39, 0.29) is 5.78 Å². The van der Waals surface area contributed by atoms with Crippen LogP contribution in [0.3, 0.4) is 0 Å². The van der Waals surface area contributed by atoms with Gasteiger partial charge in [0.05, 0.1) is 19.3 Å². The highest BCUT2D eigenvalue weighted by atomic mass is 79.9. The second-order valence-electron chi connectivity index (χ2n) is 3.09. The number of nitrogens with zero attached hydrogens (tertiary/aromatic N) is 2. The number of carbonyl (C=O) groups excluding carboxylic acids is 1. The minimum absolute atomic E-state index is 0.00178. The Morgan fingerprint density at radius 1 is 1.50 bits per heavy atom. The topological polar surface area (TPSA) is 34.9 Å². The van der Waals surface area contributed by atoms with E-state index in [2.05, 4.69) is 37.0 Å². The summed E-state index contributed by atoms with van der Waals surface area (Å²) in [5.74, 6) is 0.00178. The van der Waals surface area contributed by atoms with Crippen LogP contribution in [0.15, 0.2) is 26.6 Å². The molecule has 0 radical (unpaired) electrons. The molecule has 0 atom stereocenters. The van der Waals surface area contributed by atoms with Gasteiger partial charge in [-0.05, 0) is 50.9 Å². The number of ketones is 1. The summed E-state index contributed by atoms with van der Waals surface area (Å²) in [4.78, 5) is 12.9. The molecule has 0 fully saturated rings. The molecule has 6 heteroatoms. The zero-order valence-electron chi connectivity index (χ0n) is 8.41. The van der Waals surface area contributed by atoms with Crippen LogP contribution in [-0.2, 0) is 6.54 Å². The van der Waals surface area contributed by atoms with E-state index in [0.29, 0.717) is 17.1 Å². The monoisotopic (exact) mass is 362 g/mol. The Hall–Kier alpha value is -0.460. The Labute approximate surface area is 114 Å². The zero-order chi connectivity index (χ0) is 11.7. The first-order chi connectivity index (χ1) is 7.63. The molecular weight excluding hydrogens is 356 g/mol. The fourth-order valence-corrected chi connectivity index (χ4v) is 3.18. The minimum Gasteiger partial charge on any atom is -0.286 e. The first-order valence-electron chi connectivity index (χ1n) is 4.64. The van der Waals surface area contributed by atoms with Gasteiger partial charge in [0, 0.05) is 6.54 Å². The van der Waals surface area contributed by atoms with Crippen LogP contribution in [-0.4, -0.2) is 15.6 Å². The van der Waals surface area contributed by atoms with E-state index in [9.17, 15) is 4.79 Å². The van der Waals surface area contributed by atoms with Gasteiger partial charge < -0.3 is 0 Å². The third kappa shape index (κ3) is 2.14. The lowest BCUT2D eigenvalue weighted by atomic mass is 10.2. The van der Waals surface area contributed by atoms with Gasteiger partial charge in [-0.1, -0.05) is 0 Å². The molecule has 3 nitrogen and oxygen atoms in total. The van der Waals surface area contributed by atoms with Gasteiger partial charge in [-0.2, -0.15) is 5.10 Å². The Morgan fingerprint density at radius 2 is 2.25 bits per heavy atom. The van der Waals surface area contributed by atoms with Crippen molar-refractivity contribution in [3.63, 3.8) is 0 Å². The molecule has 84 valence electrons. The molecule has 0 saturated heterocycles. The molecule has 0 unspecified atom stereocenters. The largest absolute Gasteiger partial charge is 0.286 e. The van der Waals surface area contributed by atoms with Crippen LogP contribution in [0.5, 0.6) is 0 Å². The van der Waals surface area contributed by atoms with E-state index in [1.165, 1.54) is 11.3 Å². The predicted octanol–water partition coefficient (Wildman–Crippen LogP) is 3.72. The number of hydrogen-bond acceptors (Lipinski definition) is 3. The van der Waals surface area contributed by atoms with Crippen molar-refractivity contribution in [1.29, 1.82) is 0 Å². The molecule has 0 spiro atoms. The molecule has 2 heterocycles. The molecule has 0 saturated carbocycles. The standard InChI is InChI=1S/C10H8Br2N2OS/c1-2-14-9(6(11)5-13-14)10(15)7-3-4-8(12)16-7/h3-5H,2H2,1H3. The van der Waals surface area contributed by atoms with E-state index in [1.54, 1.807) is 10.9 Å². The third-order valence-corrected chi connectivity index (χ3v) is 4.31. The molecule has 2 aromatic rings. The van der Waals surface area contributed by atoms with Crippen LogP contribution in [0, 0.1) is 0 Å². The molecule has 0 amide bonds. The Balaban J connectivity index is 2.44. The lowest BCUT2D eigenvalue weighted by Gasteiger charge is -2.02. The minimum atomic E-state index is 0.00178. The molecule has 16 heavy (non-hydrogen) atoms. The number of carbonyl (C=O) groups is 1. The van der Waals surface area contributed by atoms with Crippen molar-refractivity contribution in [2.24, 2.45) is 0 Å². The quantitative estimate of drug-likeness (QED) is 0.779. The van der Waals surface area contributed by atoms with Crippen molar-refractivity contribution in [1.82, 2.24) is 9.78 Å². The molecular formula is C10H8Br2N2OS. The van der Waals surface area contributed by atoms with Crippen LogP contribution in [0.1, 0.15) is 22.3 Å². The van der Waals surface area contributed by atoms with E-state index < -0.39 is 0 Å². The van der Waals surface area contributed by atoms with Gasteiger partial charge in [0.25, 0.3) is 0 Å². The fourth-order valence-electron chi connectivity index (χ4n) is 1.38. The van der Waals surface area contributed by atoms with Gasteiger partial charge in [0.1, 0.15) is 5.69 Å². The smallest absolute Gasteiger partial charge is 0.222 e. The lowest BCUT2D eigenvalue weighted by molar-refractivity contribution is 0.103. The normalized spacial score (nSPS) is 10.7. The molecule has 0 aromatic carbocycles. The van der Waals surface area contributed by atoms with Gasteiger partial charge in [0.2, 0.25) is 5.78 Å². The van der Waals surface area contributed by atoms with E-state index in [4.69, 9.17) is 0 Å². The Bertz CT molecular complexity index is 533. The highest BCUT2D eigenvalue weighted by Crippen LogP contribution is 2.27. The molecule has 0 aliphatic heterocycles. The van der Waals surface area contributed by atoms with Crippen molar-refractivity contribution in [3.05, 3.63) is 37.2 Å². The first-order valence-corrected chi connectivity index (χ1v) is 7.05. The van der Waals surface area contributed by atoms with E-state index in [1.807, 2.05) is 19.1 Å². The third-order valence-electron chi connectivity index (χ3n) is 2.11. The summed E-state index contributed by atoms with van der Waals surface area (Å²) in [6.45, 7) is 2.64. The van der Waals surface area contributed by atoms with Gasteiger partial charge in [-0.15, -0.1) is 11.3 Å². The Kier molecular flexibility index (Phi) is 3.61. The van der Waals surface area contributed by atoms with Crippen molar-refractivity contribution >= 4 is 49.0 Å². The number of rotatable bonds is 3.